The molecule has 0 aliphatic heterocycles. The Balaban J connectivity index is 2.43. The van der Waals surface area contributed by atoms with Crippen molar-refractivity contribution in [2.24, 2.45) is 4.99 Å². The Hall–Kier alpha value is -1.59. The smallest absolute Gasteiger partial charge is 0.191 e. The van der Waals surface area contributed by atoms with Crippen molar-refractivity contribution in [2.75, 3.05) is 26.3 Å². The van der Waals surface area contributed by atoms with Gasteiger partial charge in [-0.25, -0.2) is 4.99 Å². The molecule has 5 heteroatoms. The van der Waals surface area contributed by atoms with Crippen LogP contribution < -0.4 is 10.6 Å². The summed E-state index contributed by atoms with van der Waals surface area (Å²) >= 11 is 0. The molecular weight excluding hydrogens is 302 g/mol. The van der Waals surface area contributed by atoms with Crippen LogP contribution in [0.1, 0.15) is 45.2 Å². The molecule has 0 spiro atoms. The Morgan fingerprint density at radius 3 is 2.42 bits per heavy atom. The van der Waals surface area contributed by atoms with Crippen LogP contribution in [0.4, 0.5) is 0 Å². The van der Waals surface area contributed by atoms with E-state index in [4.69, 9.17) is 9.47 Å². The maximum absolute atomic E-state index is 5.61. The number of ether oxygens (including phenoxy) is 2. The predicted molar refractivity (Wildman–Crippen MR) is 100 cm³/mol. The van der Waals surface area contributed by atoms with Crippen LogP contribution in [-0.2, 0) is 22.6 Å². The average Bonchev–Trinajstić information content (AvgIpc) is 2.58. The number of guanidine groups is 1. The quantitative estimate of drug-likeness (QED) is 0.371. The van der Waals surface area contributed by atoms with Crippen LogP contribution in [0, 0.1) is 0 Å². The minimum Gasteiger partial charge on any atom is -0.382 e. The van der Waals surface area contributed by atoms with Crippen molar-refractivity contribution in [3.8, 4) is 0 Å². The van der Waals surface area contributed by atoms with Gasteiger partial charge in [0.05, 0.1) is 19.3 Å². The number of nitrogens with one attached hydrogen (secondary N) is 2. The zero-order chi connectivity index (χ0) is 17.6. The van der Waals surface area contributed by atoms with Gasteiger partial charge in [0.1, 0.15) is 0 Å². The summed E-state index contributed by atoms with van der Waals surface area (Å²) in [7, 11) is 0. The molecule has 2 N–H and O–H groups in total. The zero-order valence-corrected chi connectivity index (χ0v) is 15.6. The van der Waals surface area contributed by atoms with Gasteiger partial charge in [-0.05, 0) is 45.2 Å². The number of hydrogen-bond donors (Lipinski definition) is 2. The molecule has 0 aliphatic rings. The van der Waals surface area contributed by atoms with Crippen LogP contribution >= 0.6 is 0 Å². The molecule has 24 heavy (non-hydrogen) atoms. The average molecular weight is 335 g/mol. The van der Waals surface area contributed by atoms with E-state index < -0.39 is 0 Å². The van der Waals surface area contributed by atoms with Crippen molar-refractivity contribution in [3.05, 3.63) is 35.4 Å². The van der Waals surface area contributed by atoms with Gasteiger partial charge in [-0.2, -0.15) is 0 Å². The van der Waals surface area contributed by atoms with Crippen molar-refractivity contribution in [1.82, 2.24) is 10.6 Å². The first kappa shape index (κ1) is 20.5. The Morgan fingerprint density at radius 1 is 1.08 bits per heavy atom. The molecule has 0 fully saturated rings. The molecule has 1 rings (SSSR count). The molecule has 0 saturated carbocycles. The maximum Gasteiger partial charge on any atom is 0.191 e. The Kier molecular flexibility index (Phi) is 10.9. The lowest BCUT2D eigenvalue weighted by Gasteiger charge is -2.11. The van der Waals surface area contributed by atoms with E-state index in [0.29, 0.717) is 13.2 Å². The van der Waals surface area contributed by atoms with E-state index in [1.54, 1.807) is 0 Å². The molecule has 0 amide bonds. The van der Waals surface area contributed by atoms with Gasteiger partial charge in [-0.1, -0.05) is 24.3 Å². The van der Waals surface area contributed by atoms with E-state index in [2.05, 4.69) is 46.8 Å². The summed E-state index contributed by atoms with van der Waals surface area (Å²) in [6.07, 6.45) is 1.23. The third-order valence-corrected chi connectivity index (χ3v) is 3.33. The lowest BCUT2D eigenvalue weighted by Crippen LogP contribution is -2.38. The van der Waals surface area contributed by atoms with Gasteiger partial charge in [0.15, 0.2) is 5.96 Å². The molecule has 0 bridgehead atoms. The van der Waals surface area contributed by atoms with E-state index in [1.807, 2.05) is 20.8 Å². The fourth-order valence-electron chi connectivity index (χ4n) is 2.04. The molecule has 0 heterocycles. The number of hydrogen-bond acceptors (Lipinski definition) is 3. The molecular formula is C19H33N3O2. The first-order valence-electron chi connectivity index (χ1n) is 8.95. The van der Waals surface area contributed by atoms with E-state index in [9.17, 15) is 0 Å². The van der Waals surface area contributed by atoms with Crippen LogP contribution in [0.3, 0.4) is 0 Å². The second kappa shape index (κ2) is 12.8. The Labute approximate surface area is 146 Å². The molecule has 1 aromatic carbocycles. The van der Waals surface area contributed by atoms with E-state index in [0.717, 1.165) is 38.7 Å². The second-order valence-electron chi connectivity index (χ2n) is 5.85. The fourth-order valence-corrected chi connectivity index (χ4v) is 2.04. The van der Waals surface area contributed by atoms with Crippen molar-refractivity contribution < 1.29 is 9.47 Å². The van der Waals surface area contributed by atoms with Gasteiger partial charge < -0.3 is 20.1 Å². The normalized spacial score (nSPS) is 11.8. The molecule has 0 radical (unpaired) electrons. The highest BCUT2D eigenvalue weighted by atomic mass is 16.5. The Morgan fingerprint density at radius 2 is 1.79 bits per heavy atom. The van der Waals surface area contributed by atoms with E-state index in [-0.39, 0.29) is 6.10 Å². The van der Waals surface area contributed by atoms with Crippen molar-refractivity contribution in [2.45, 2.75) is 53.4 Å². The first-order chi connectivity index (χ1) is 11.7. The van der Waals surface area contributed by atoms with Crippen molar-refractivity contribution >= 4 is 5.96 Å². The molecule has 5 nitrogen and oxygen atoms in total. The molecule has 0 atom stereocenters. The predicted octanol–water partition coefficient (Wildman–Crippen LogP) is 3.09. The van der Waals surface area contributed by atoms with Gasteiger partial charge in [-0.3, -0.25) is 0 Å². The highest BCUT2D eigenvalue weighted by Crippen LogP contribution is 2.08. The number of rotatable bonds is 11. The van der Waals surface area contributed by atoms with Crippen molar-refractivity contribution in [1.29, 1.82) is 0 Å². The molecule has 0 saturated heterocycles. The van der Waals surface area contributed by atoms with Crippen LogP contribution in [0.25, 0.3) is 0 Å². The van der Waals surface area contributed by atoms with Crippen LogP contribution in [0.5, 0.6) is 0 Å². The molecule has 136 valence electrons. The topological polar surface area (TPSA) is 54.9 Å². The van der Waals surface area contributed by atoms with Crippen LogP contribution in [-0.4, -0.2) is 38.4 Å². The van der Waals surface area contributed by atoms with E-state index >= 15 is 0 Å². The highest BCUT2D eigenvalue weighted by Gasteiger charge is 1.99. The third kappa shape index (κ3) is 9.53. The summed E-state index contributed by atoms with van der Waals surface area (Å²) in [5, 5.41) is 6.60. The lowest BCUT2D eigenvalue weighted by molar-refractivity contribution is 0.0657. The Bertz CT molecular complexity index is 458. The second-order valence-corrected chi connectivity index (χ2v) is 5.85. The first-order valence-corrected chi connectivity index (χ1v) is 8.95. The van der Waals surface area contributed by atoms with Crippen LogP contribution in [0.15, 0.2) is 29.3 Å². The van der Waals surface area contributed by atoms with Gasteiger partial charge >= 0.3 is 0 Å². The summed E-state index contributed by atoms with van der Waals surface area (Å²) < 4.78 is 11.0. The lowest BCUT2D eigenvalue weighted by atomic mass is 10.1. The zero-order valence-electron chi connectivity index (χ0n) is 15.6. The minimum absolute atomic E-state index is 0.255. The minimum atomic E-state index is 0.255. The summed E-state index contributed by atoms with van der Waals surface area (Å²) in [6.45, 7) is 12.8. The van der Waals surface area contributed by atoms with Gasteiger partial charge in [0.2, 0.25) is 0 Å². The number of aliphatic imine (C=N–C) groups is 1. The number of nitrogens with zero attached hydrogens (tertiary/aromatic N) is 1. The van der Waals surface area contributed by atoms with Gasteiger partial charge in [0, 0.05) is 26.3 Å². The van der Waals surface area contributed by atoms with Gasteiger partial charge in [0.25, 0.3) is 0 Å². The molecule has 1 aromatic rings. The summed E-state index contributed by atoms with van der Waals surface area (Å²) in [5.41, 5.74) is 2.38. The summed E-state index contributed by atoms with van der Waals surface area (Å²) in [4.78, 5) is 4.63. The van der Waals surface area contributed by atoms with E-state index in [1.165, 1.54) is 11.1 Å². The fraction of sp³-hybridized carbons (Fsp3) is 0.632. The third-order valence-electron chi connectivity index (χ3n) is 3.33. The molecule has 0 aromatic heterocycles. The largest absolute Gasteiger partial charge is 0.382 e. The van der Waals surface area contributed by atoms with Gasteiger partial charge in [-0.15, -0.1) is 0 Å². The summed E-state index contributed by atoms with van der Waals surface area (Å²) in [6, 6.07) is 8.44. The standard InChI is InChI=1S/C19H33N3O2/c1-5-20-19(21-12-7-13-23-6-2)22-14-17-8-10-18(11-9-17)15-24-16(3)4/h8-11,16H,5-7,12-15H2,1-4H3,(H2,20,21,22). The number of benzene rings is 1. The van der Waals surface area contributed by atoms with Crippen molar-refractivity contribution in [3.63, 3.8) is 0 Å². The van der Waals surface area contributed by atoms with Crippen LogP contribution in [0.2, 0.25) is 0 Å². The molecule has 0 aliphatic carbocycles. The monoisotopic (exact) mass is 335 g/mol. The summed E-state index contributed by atoms with van der Waals surface area (Å²) in [5.74, 6) is 0.848. The maximum atomic E-state index is 5.61. The SMILES string of the molecule is CCNC(=NCc1ccc(COC(C)C)cc1)NCCCOCC. The molecule has 0 unspecified atom stereocenters. The highest BCUT2D eigenvalue weighted by molar-refractivity contribution is 5.79.